The number of hydrogen-bond acceptors (Lipinski definition) is 4. The number of carbonyl (C=O) groups excluding carboxylic acids is 1. The Balaban J connectivity index is 1.63. The number of halogens is 3. The van der Waals surface area contributed by atoms with Gasteiger partial charge in [0.1, 0.15) is 5.52 Å². The minimum Gasteiger partial charge on any atom is -0.436 e. The van der Waals surface area contributed by atoms with E-state index in [0.29, 0.717) is 23.1 Å². The van der Waals surface area contributed by atoms with Crippen LogP contribution in [0.2, 0.25) is 0 Å². The molecule has 2 aromatic carbocycles. The fourth-order valence-electron chi connectivity index (χ4n) is 2.52. The molecule has 1 N–H and O–H groups in total. The molecule has 134 valence electrons. The Labute approximate surface area is 150 Å². The van der Waals surface area contributed by atoms with Crippen LogP contribution < -0.4 is 5.32 Å². The zero-order chi connectivity index (χ0) is 19.0. The van der Waals surface area contributed by atoms with E-state index in [1.54, 1.807) is 30.6 Å². The second kappa shape index (κ2) is 6.56. The Kier molecular flexibility index (Phi) is 4.08. The van der Waals surface area contributed by atoms with Gasteiger partial charge >= 0.3 is 0 Å². The average molecular weight is 369 g/mol. The van der Waals surface area contributed by atoms with E-state index in [-0.39, 0.29) is 5.69 Å². The van der Waals surface area contributed by atoms with Crippen LogP contribution in [0.5, 0.6) is 0 Å². The Morgan fingerprint density at radius 3 is 2.52 bits per heavy atom. The highest BCUT2D eigenvalue weighted by atomic mass is 19.2. The standard InChI is InChI=1S/C19H10F3N3O2/c20-13-3-2-12(16(21)17(13)22)18(26)24-11-1-4-14-15(9-11)27-19(25-14)10-5-7-23-8-6-10/h1-9H,(H,24,26). The number of nitrogens with zero attached hydrogens (tertiary/aromatic N) is 2. The first-order valence-electron chi connectivity index (χ1n) is 7.79. The van der Waals surface area contributed by atoms with Gasteiger partial charge in [0.2, 0.25) is 5.89 Å². The number of benzene rings is 2. The molecular weight excluding hydrogens is 359 g/mol. The van der Waals surface area contributed by atoms with E-state index in [1.807, 2.05) is 0 Å². The molecule has 2 heterocycles. The molecule has 0 spiro atoms. The second-order valence-electron chi connectivity index (χ2n) is 5.61. The lowest BCUT2D eigenvalue weighted by atomic mass is 10.1. The third-order valence-electron chi connectivity index (χ3n) is 3.85. The van der Waals surface area contributed by atoms with Crippen molar-refractivity contribution in [2.45, 2.75) is 0 Å². The lowest BCUT2D eigenvalue weighted by Gasteiger charge is -2.06. The summed E-state index contributed by atoms with van der Waals surface area (Å²) in [6.07, 6.45) is 3.21. The number of rotatable bonds is 3. The third kappa shape index (κ3) is 3.12. The van der Waals surface area contributed by atoms with Crippen molar-refractivity contribution < 1.29 is 22.4 Å². The van der Waals surface area contributed by atoms with Crippen LogP contribution >= 0.6 is 0 Å². The summed E-state index contributed by atoms with van der Waals surface area (Å²) >= 11 is 0. The predicted molar refractivity (Wildman–Crippen MR) is 91.5 cm³/mol. The first-order chi connectivity index (χ1) is 13.0. The van der Waals surface area contributed by atoms with E-state index in [2.05, 4.69) is 15.3 Å². The maximum Gasteiger partial charge on any atom is 0.258 e. The van der Waals surface area contributed by atoms with E-state index in [9.17, 15) is 18.0 Å². The first kappa shape index (κ1) is 16.8. The SMILES string of the molecule is O=C(Nc1ccc2nc(-c3ccncc3)oc2c1)c1ccc(F)c(F)c1F. The number of hydrogen-bond donors (Lipinski definition) is 1. The summed E-state index contributed by atoms with van der Waals surface area (Å²) in [5.41, 5.74) is 1.36. The highest BCUT2D eigenvalue weighted by Gasteiger charge is 2.19. The number of anilines is 1. The molecule has 2 aromatic heterocycles. The molecule has 0 saturated heterocycles. The number of pyridine rings is 1. The van der Waals surface area contributed by atoms with E-state index in [0.717, 1.165) is 11.6 Å². The summed E-state index contributed by atoms with van der Waals surface area (Å²) in [4.78, 5) is 20.4. The highest BCUT2D eigenvalue weighted by Crippen LogP contribution is 2.26. The Bertz CT molecular complexity index is 1160. The normalized spacial score (nSPS) is 10.9. The Morgan fingerprint density at radius 1 is 0.963 bits per heavy atom. The number of aromatic nitrogens is 2. The summed E-state index contributed by atoms with van der Waals surface area (Å²) in [5.74, 6) is -5.15. The van der Waals surface area contributed by atoms with Gasteiger partial charge in [0.25, 0.3) is 5.91 Å². The van der Waals surface area contributed by atoms with Gasteiger partial charge in [-0.15, -0.1) is 0 Å². The smallest absolute Gasteiger partial charge is 0.258 e. The zero-order valence-corrected chi connectivity index (χ0v) is 13.5. The molecule has 0 saturated carbocycles. The molecule has 0 unspecified atom stereocenters. The lowest BCUT2D eigenvalue weighted by molar-refractivity contribution is 0.102. The zero-order valence-electron chi connectivity index (χ0n) is 13.5. The fraction of sp³-hybridized carbons (Fsp3) is 0. The molecule has 0 bridgehead atoms. The molecule has 0 atom stereocenters. The van der Waals surface area contributed by atoms with Crippen LogP contribution in [0.4, 0.5) is 18.9 Å². The molecule has 5 nitrogen and oxygen atoms in total. The lowest BCUT2D eigenvalue weighted by Crippen LogP contribution is -2.15. The van der Waals surface area contributed by atoms with Crippen LogP contribution in [-0.4, -0.2) is 15.9 Å². The maximum atomic E-state index is 13.8. The molecule has 0 aliphatic carbocycles. The maximum absolute atomic E-state index is 13.8. The van der Waals surface area contributed by atoms with E-state index in [1.165, 1.54) is 12.1 Å². The number of carbonyl (C=O) groups is 1. The van der Waals surface area contributed by atoms with Crippen LogP contribution in [0.15, 0.2) is 59.3 Å². The molecule has 8 heteroatoms. The van der Waals surface area contributed by atoms with E-state index >= 15 is 0 Å². The van der Waals surface area contributed by atoms with Crippen LogP contribution in [0.1, 0.15) is 10.4 Å². The Hall–Kier alpha value is -3.68. The van der Waals surface area contributed by atoms with Gasteiger partial charge in [0, 0.05) is 29.7 Å². The van der Waals surface area contributed by atoms with Crippen molar-refractivity contribution in [2.24, 2.45) is 0 Å². The molecule has 1 amide bonds. The molecule has 27 heavy (non-hydrogen) atoms. The van der Waals surface area contributed by atoms with Crippen LogP contribution in [0.25, 0.3) is 22.6 Å². The number of amides is 1. The molecule has 0 aliphatic heterocycles. The molecule has 4 aromatic rings. The van der Waals surface area contributed by atoms with Gasteiger partial charge in [-0.2, -0.15) is 0 Å². The van der Waals surface area contributed by atoms with Crippen molar-refractivity contribution in [3.05, 3.63) is 77.9 Å². The summed E-state index contributed by atoms with van der Waals surface area (Å²) in [6, 6.07) is 9.68. The van der Waals surface area contributed by atoms with Gasteiger partial charge in [-0.25, -0.2) is 18.2 Å². The molecule has 0 radical (unpaired) electrons. The third-order valence-corrected chi connectivity index (χ3v) is 3.85. The van der Waals surface area contributed by atoms with Gasteiger partial charge in [0.05, 0.1) is 5.56 Å². The minimum atomic E-state index is -1.70. The van der Waals surface area contributed by atoms with Crippen molar-refractivity contribution in [1.29, 1.82) is 0 Å². The van der Waals surface area contributed by atoms with Gasteiger partial charge < -0.3 is 9.73 Å². The predicted octanol–water partition coefficient (Wildman–Crippen LogP) is 4.56. The van der Waals surface area contributed by atoms with Gasteiger partial charge in [0.15, 0.2) is 23.0 Å². The second-order valence-corrected chi connectivity index (χ2v) is 5.61. The molecule has 0 fully saturated rings. The minimum absolute atomic E-state index is 0.286. The van der Waals surface area contributed by atoms with Gasteiger partial charge in [-0.1, -0.05) is 0 Å². The summed E-state index contributed by atoms with van der Waals surface area (Å²) < 4.78 is 45.7. The van der Waals surface area contributed by atoms with Crippen LogP contribution in [-0.2, 0) is 0 Å². The fourth-order valence-corrected chi connectivity index (χ4v) is 2.52. The van der Waals surface area contributed by atoms with Gasteiger partial charge in [-0.05, 0) is 36.4 Å². The Morgan fingerprint density at radius 2 is 1.74 bits per heavy atom. The quantitative estimate of drug-likeness (QED) is 0.538. The average Bonchev–Trinajstić information content (AvgIpc) is 3.10. The van der Waals surface area contributed by atoms with Crippen molar-refractivity contribution in [3.8, 4) is 11.5 Å². The van der Waals surface area contributed by atoms with Crippen molar-refractivity contribution in [1.82, 2.24) is 9.97 Å². The summed E-state index contributed by atoms with van der Waals surface area (Å²) in [6.45, 7) is 0. The highest BCUT2D eigenvalue weighted by molar-refractivity contribution is 6.05. The van der Waals surface area contributed by atoms with Gasteiger partial charge in [-0.3, -0.25) is 9.78 Å². The number of fused-ring (bicyclic) bond motifs is 1. The van der Waals surface area contributed by atoms with Crippen molar-refractivity contribution in [3.63, 3.8) is 0 Å². The summed E-state index contributed by atoms with van der Waals surface area (Å²) in [7, 11) is 0. The number of nitrogens with one attached hydrogen (secondary N) is 1. The largest absolute Gasteiger partial charge is 0.436 e. The first-order valence-corrected chi connectivity index (χ1v) is 7.79. The monoisotopic (exact) mass is 369 g/mol. The number of oxazole rings is 1. The molecular formula is C19H10F3N3O2. The topological polar surface area (TPSA) is 68.0 Å². The van der Waals surface area contributed by atoms with E-state index in [4.69, 9.17) is 4.42 Å². The molecule has 0 aliphatic rings. The van der Waals surface area contributed by atoms with Crippen LogP contribution in [0, 0.1) is 17.5 Å². The molecule has 4 rings (SSSR count). The van der Waals surface area contributed by atoms with Crippen LogP contribution in [0.3, 0.4) is 0 Å². The van der Waals surface area contributed by atoms with Crippen molar-refractivity contribution in [2.75, 3.05) is 5.32 Å². The summed E-state index contributed by atoms with van der Waals surface area (Å²) in [5, 5.41) is 2.42. The van der Waals surface area contributed by atoms with E-state index < -0.39 is 28.9 Å². The van der Waals surface area contributed by atoms with Crippen molar-refractivity contribution >= 4 is 22.7 Å².